The zero-order chi connectivity index (χ0) is 21.8. The first-order chi connectivity index (χ1) is 14.8. The molecule has 3 aliphatic rings. The molecule has 0 aliphatic carbocycles. The van der Waals surface area contributed by atoms with E-state index in [0.29, 0.717) is 47.8 Å². The Morgan fingerprint density at radius 3 is 2.68 bits per heavy atom. The Labute approximate surface area is 176 Å². The number of aryl methyl sites for hydroxylation is 1. The van der Waals surface area contributed by atoms with Crippen molar-refractivity contribution in [2.75, 3.05) is 29.7 Å². The molecule has 31 heavy (non-hydrogen) atoms. The number of benzene rings is 2. The lowest BCUT2D eigenvalue weighted by Gasteiger charge is -2.32. The number of nitrogens with zero attached hydrogens (tertiary/aromatic N) is 2. The van der Waals surface area contributed by atoms with Crippen LogP contribution in [0.1, 0.15) is 24.0 Å². The van der Waals surface area contributed by atoms with Gasteiger partial charge in [-0.25, -0.2) is 0 Å². The van der Waals surface area contributed by atoms with Gasteiger partial charge in [-0.2, -0.15) is 13.2 Å². The minimum absolute atomic E-state index is 0.0553. The van der Waals surface area contributed by atoms with E-state index in [-0.39, 0.29) is 31.6 Å². The molecular formula is C22H19F3N2O4. The van der Waals surface area contributed by atoms with Crippen molar-refractivity contribution in [1.82, 2.24) is 0 Å². The van der Waals surface area contributed by atoms with E-state index >= 15 is 0 Å². The molecule has 0 saturated carbocycles. The molecule has 1 atom stereocenters. The van der Waals surface area contributed by atoms with Gasteiger partial charge in [0.1, 0.15) is 0 Å². The highest BCUT2D eigenvalue weighted by Gasteiger charge is 2.39. The molecule has 2 amide bonds. The van der Waals surface area contributed by atoms with E-state index < -0.39 is 17.7 Å². The molecule has 3 heterocycles. The molecule has 0 spiro atoms. The van der Waals surface area contributed by atoms with Crippen LogP contribution in [0.3, 0.4) is 0 Å². The molecule has 1 fully saturated rings. The number of alkyl halides is 3. The Hall–Kier alpha value is -3.23. The molecule has 2 aromatic carbocycles. The molecule has 9 heteroatoms. The van der Waals surface area contributed by atoms with Crippen molar-refractivity contribution in [1.29, 1.82) is 0 Å². The molecule has 5 rings (SSSR count). The van der Waals surface area contributed by atoms with Crippen LogP contribution in [0.4, 0.5) is 24.5 Å². The topological polar surface area (TPSA) is 59.1 Å². The van der Waals surface area contributed by atoms with Gasteiger partial charge in [0.05, 0.1) is 11.5 Å². The van der Waals surface area contributed by atoms with Crippen molar-refractivity contribution in [2.45, 2.75) is 25.4 Å². The maximum absolute atomic E-state index is 13.2. The summed E-state index contributed by atoms with van der Waals surface area (Å²) in [6.45, 7) is 0.758. The highest BCUT2D eigenvalue weighted by Crippen LogP contribution is 2.39. The summed E-state index contributed by atoms with van der Waals surface area (Å²) in [4.78, 5) is 28.9. The van der Waals surface area contributed by atoms with Crippen LogP contribution < -0.4 is 19.3 Å². The Morgan fingerprint density at radius 1 is 1.06 bits per heavy atom. The molecule has 0 aromatic heterocycles. The lowest BCUT2D eigenvalue weighted by atomic mass is 9.97. The largest absolute Gasteiger partial charge is 0.454 e. The van der Waals surface area contributed by atoms with Gasteiger partial charge in [-0.05, 0) is 48.7 Å². The van der Waals surface area contributed by atoms with Gasteiger partial charge < -0.3 is 19.3 Å². The molecule has 3 aliphatic heterocycles. The molecule has 162 valence electrons. The summed E-state index contributed by atoms with van der Waals surface area (Å²) in [5.74, 6) is 0.169. The number of fused-ring (bicyclic) bond motifs is 2. The fraction of sp³-hybridized carbons (Fsp3) is 0.364. The summed E-state index contributed by atoms with van der Waals surface area (Å²) in [5.41, 5.74) is 0.911. The average molecular weight is 432 g/mol. The predicted octanol–water partition coefficient (Wildman–Crippen LogP) is 3.77. The Balaban J connectivity index is 1.36. The highest BCUT2D eigenvalue weighted by atomic mass is 19.4. The van der Waals surface area contributed by atoms with Crippen LogP contribution in [0.15, 0.2) is 36.4 Å². The van der Waals surface area contributed by atoms with Crippen molar-refractivity contribution < 1.29 is 32.2 Å². The van der Waals surface area contributed by atoms with Crippen LogP contribution in [0.5, 0.6) is 11.5 Å². The van der Waals surface area contributed by atoms with Crippen LogP contribution in [0.25, 0.3) is 0 Å². The predicted molar refractivity (Wildman–Crippen MR) is 105 cm³/mol. The van der Waals surface area contributed by atoms with E-state index in [1.807, 2.05) is 0 Å². The molecule has 6 nitrogen and oxygen atoms in total. The third-order valence-electron chi connectivity index (χ3n) is 5.93. The SMILES string of the molecule is O=C1CC(C(=O)N2CCCc3cc(C(F)(F)F)ccc32)CN1c1ccc2c(c1)OCO2. The van der Waals surface area contributed by atoms with Crippen LogP contribution in [0, 0.1) is 5.92 Å². The van der Waals surface area contributed by atoms with Gasteiger partial charge in [0.2, 0.25) is 18.6 Å². The summed E-state index contributed by atoms with van der Waals surface area (Å²) in [5, 5.41) is 0. The van der Waals surface area contributed by atoms with E-state index in [4.69, 9.17) is 9.47 Å². The summed E-state index contributed by atoms with van der Waals surface area (Å²) in [6, 6.07) is 8.66. The standard InChI is InChI=1S/C22H19F3N2O4/c23-22(24,25)15-3-5-17-13(8-15)2-1-7-26(17)21(29)14-9-20(28)27(11-14)16-4-6-18-19(10-16)31-12-30-18/h3-6,8,10,14H,1-2,7,9,11-12H2. The normalized spacial score (nSPS) is 20.2. The first-order valence-corrected chi connectivity index (χ1v) is 10.0. The maximum atomic E-state index is 13.2. The highest BCUT2D eigenvalue weighted by molar-refractivity contribution is 6.05. The second-order valence-corrected chi connectivity index (χ2v) is 7.88. The summed E-state index contributed by atoms with van der Waals surface area (Å²) < 4.78 is 49.8. The monoisotopic (exact) mass is 432 g/mol. The number of rotatable bonds is 2. The quantitative estimate of drug-likeness (QED) is 0.725. The number of anilines is 2. The second kappa shape index (κ2) is 7.18. The van der Waals surface area contributed by atoms with Gasteiger partial charge in [0.15, 0.2) is 11.5 Å². The fourth-order valence-corrected chi connectivity index (χ4v) is 4.40. The lowest BCUT2D eigenvalue weighted by molar-refractivity contribution is -0.137. The zero-order valence-electron chi connectivity index (χ0n) is 16.4. The first kappa shape index (κ1) is 19.7. The third-order valence-corrected chi connectivity index (χ3v) is 5.93. The summed E-state index contributed by atoms with van der Waals surface area (Å²) >= 11 is 0. The van der Waals surface area contributed by atoms with Crippen LogP contribution in [0.2, 0.25) is 0 Å². The van der Waals surface area contributed by atoms with Crippen LogP contribution in [-0.4, -0.2) is 31.7 Å². The number of amides is 2. The number of carbonyl (C=O) groups excluding carboxylic acids is 2. The molecule has 0 radical (unpaired) electrons. The van der Waals surface area contributed by atoms with Gasteiger partial charge in [-0.15, -0.1) is 0 Å². The van der Waals surface area contributed by atoms with Crippen molar-refractivity contribution in [3.63, 3.8) is 0 Å². The second-order valence-electron chi connectivity index (χ2n) is 7.88. The fourth-order valence-electron chi connectivity index (χ4n) is 4.40. The summed E-state index contributed by atoms with van der Waals surface area (Å²) in [7, 11) is 0. The van der Waals surface area contributed by atoms with Gasteiger partial charge in [-0.1, -0.05) is 0 Å². The maximum Gasteiger partial charge on any atom is 0.416 e. The van der Waals surface area contributed by atoms with Gasteiger partial charge in [0.25, 0.3) is 0 Å². The molecule has 2 aromatic rings. The van der Waals surface area contributed by atoms with Gasteiger partial charge in [0, 0.05) is 37.0 Å². The number of halogens is 3. The Morgan fingerprint density at radius 2 is 1.87 bits per heavy atom. The Kier molecular flexibility index (Phi) is 4.56. The molecular weight excluding hydrogens is 413 g/mol. The van der Waals surface area contributed by atoms with Crippen molar-refractivity contribution >= 4 is 23.2 Å². The zero-order valence-corrected chi connectivity index (χ0v) is 16.4. The van der Waals surface area contributed by atoms with E-state index in [9.17, 15) is 22.8 Å². The van der Waals surface area contributed by atoms with Crippen LogP contribution in [-0.2, 0) is 22.2 Å². The molecule has 0 N–H and O–H groups in total. The lowest BCUT2D eigenvalue weighted by Crippen LogP contribution is -2.40. The number of ether oxygens (including phenoxy) is 2. The molecule has 0 bridgehead atoms. The van der Waals surface area contributed by atoms with Crippen molar-refractivity contribution in [3.8, 4) is 11.5 Å². The van der Waals surface area contributed by atoms with E-state index in [1.54, 1.807) is 23.1 Å². The van der Waals surface area contributed by atoms with Gasteiger partial charge >= 0.3 is 6.18 Å². The molecule has 1 saturated heterocycles. The first-order valence-electron chi connectivity index (χ1n) is 10.0. The van der Waals surface area contributed by atoms with E-state index in [0.717, 1.165) is 12.1 Å². The smallest absolute Gasteiger partial charge is 0.416 e. The van der Waals surface area contributed by atoms with Gasteiger partial charge in [-0.3, -0.25) is 9.59 Å². The van der Waals surface area contributed by atoms with Crippen LogP contribution >= 0.6 is 0 Å². The van der Waals surface area contributed by atoms with Crippen molar-refractivity contribution in [2.24, 2.45) is 5.92 Å². The van der Waals surface area contributed by atoms with Crippen molar-refractivity contribution in [3.05, 3.63) is 47.5 Å². The van der Waals surface area contributed by atoms with E-state index in [1.165, 1.54) is 11.0 Å². The van der Waals surface area contributed by atoms with E-state index in [2.05, 4.69) is 0 Å². The number of carbonyl (C=O) groups is 2. The number of hydrogen-bond acceptors (Lipinski definition) is 4. The minimum Gasteiger partial charge on any atom is -0.454 e. The third kappa shape index (κ3) is 3.47. The average Bonchev–Trinajstić information content (AvgIpc) is 3.37. The minimum atomic E-state index is -4.43. The molecule has 1 unspecified atom stereocenters. The number of hydrogen-bond donors (Lipinski definition) is 0. The summed E-state index contributed by atoms with van der Waals surface area (Å²) in [6.07, 6.45) is -3.31. The Bertz CT molecular complexity index is 1070.